The van der Waals surface area contributed by atoms with Gasteiger partial charge in [0.25, 0.3) is 0 Å². The van der Waals surface area contributed by atoms with Crippen LogP contribution in [0.1, 0.15) is 28.4 Å². The minimum absolute atomic E-state index is 0.00562. The first-order valence-electron chi connectivity index (χ1n) is 6.89. The predicted molar refractivity (Wildman–Crippen MR) is 82.5 cm³/mol. The van der Waals surface area contributed by atoms with Crippen molar-refractivity contribution in [3.05, 3.63) is 58.1 Å². The summed E-state index contributed by atoms with van der Waals surface area (Å²) in [6, 6.07) is 10.7. The second-order valence-electron chi connectivity index (χ2n) is 5.04. The molecule has 0 fully saturated rings. The number of halogens is 1. The van der Waals surface area contributed by atoms with E-state index in [1.54, 1.807) is 18.2 Å². The van der Waals surface area contributed by atoms with Crippen LogP contribution >= 0.6 is 11.6 Å². The Labute approximate surface area is 133 Å². The number of ketones is 1. The van der Waals surface area contributed by atoms with Gasteiger partial charge in [-0.15, -0.1) is 0 Å². The van der Waals surface area contributed by atoms with Crippen LogP contribution in [0.2, 0.25) is 5.02 Å². The molecule has 0 amide bonds. The Morgan fingerprint density at radius 1 is 1.32 bits per heavy atom. The van der Waals surface area contributed by atoms with Crippen LogP contribution in [0.15, 0.2) is 36.4 Å². The van der Waals surface area contributed by atoms with Crippen LogP contribution < -0.4 is 9.47 Å². The van der Waals surface area contributed by atoms with Crippen LogP contribution in [-0.4, -0.2) is 12.6 Å². The maximum Gasteiger partial charge on any atom is 0.189 e. The molecule has 2 aromatic carbocycles. The quantitative estimate of drug-likeness (QED) is 0.800. The molecule has 0 atom stereocenters. The van der Waals surface area contributed by atoms with Crippen molar-refractivity contribution in [1.82, 2.24) is 0 Å². The van der Waals surface area contributed by atoms with E-state index in [0.29, 0.717) is 29.5 Å². The molecule has 1 heterocycles. The van der Waals surface area contributed by atoms with E-state index in [2.05, 4.69) is 0 Å². The molecule has 2 aromatic rings. The Kier molecular flexibility index (Phi) is 4.32. The molecule has 1 aliphatic rings. The van der Waals surface area contributed by atoms with Gasteiger partial charge >= 0.3 is 0 Å². The second kappa shape index (κ2) is 6.38. The molecule has 0 saturated heterocycles. The Morgan fingerprint density at radius 2 is 2.18 bits per heavy atom. The monoisotopic (exact) mass is 318 g/mol. The Morgan fingerprint density at radius 3 is 3.00 bits per heavy atom. The van der Waals surface area contributed by atoms with Crippen molar-refractivity contribution in [2.45, 2.75) is 20.1 Å². The van der Waals surface area contributed by atoms with Crippen LogP contribution in [0, 0.1) is 0 Å². The molecule has 114 valence electrons. The molecule has 0 spiro atoms. The van der Waals surface area contributed by atoms with E-state index in [9.17, 15) is 4.79 Å². The van der Waals surface area contributed by atoms with Crippen molar-refractivity contribution in [3.8, 4) is 11.5 Å². The van der Waals surface area contributed by atoms with E-state index in [-0.39, 0.29) is 12.6 Å². The summed E-state index contributed by atoms with van der Waals surface area (Å²) < 4.78 is 16.6. The summed E-state index contributed by atoms with van der Waals surface area (Å²) in [6.45, 7) is 2.54. The fraction of sp³-hybridized carbons (Fsp3) is 0.235. The molecule has 3 rings (SSSR count). The zero-order valence-electron chi connectivity index (χ0n) is 12.1. The fourth-order valence-corrected chi connectivity index (χ4v) is 2.59. The number of hydrogen-bond donors (Lipinski definition) is 0. The Balaban J connectivity index is 1.81. The fourth-order valence-electron chi connectivity index (χ4n) is 2.33. The molecule has 0 aromatic heterocycles. The highest BCUT2D eigenvalue weighted by Gasteiger charge is 2.17. The van der Waals surface area contributed by atoms with Crippen molar-refractivity contribution >= 4 is 17.4 Å². The maximum absolute atomic E-state index is 11.4. The molecule has 0 bridgehead atoms. The predicted octanol–water partition coefficient (Wildman–Crippen LogP) is 3.99. The van der Waals surface area contributed by atoms with Gasteiger partial charge < -0.3 is 14.2 Å². The van der Waals surface area contributed by atoms with Crippen molar-refractivity contribution in [1.29, 1.82) is 0 Å². The van der Waals surface area contributed by atoms with Gasteiger partial charge in [0.15, 0.2) is 12.6 Å². The number of rotatable bonds is 4. The maximum atomic E-state index is 11.4. The van der Waals surface area contributed by atoms with Gasteiger partial charge in [-0.1, -0.05) is 23.7 Å². The standard InChI is InChI=1S/C17H15ClO4/c1-11(19)12-3-2-4-16(7-12)21-9-14-6-15(18)5-13-8-20-10-22-17(13)14/h2-7H,8-10H2,1H3. The third kappa shape index (κ3) is 3.24. The number of hydrogen-bond acceptors (Lipinski definition) is 4. The van der Waals surface area contributed by atoms with Gasteiger partial charge in [0.1, 0.15) is 18.1 Å². The second-order valence-corrected chi connectivity index (χ2v) is 5.47. The number of carbonyl (C=O) groups excluding carboxylic acids is 1. The molecule has 0 aliphatic carbocycles. The van der Waals surface area contributed by atoms with Crippen LogP contribution in [0.4, 0.5) is 0 Å². The summed E-state index contributed by atoms with van der Waals surface area (Å²) in [5, 5.41) is 0.615. The highest BCUT2D eigenvalue weighted by Crippen LogP contribution is 2.32. The van der Waals surface area contributed by atoms with E-state index < -0.39 is 0 Å². The largest absolute Gasteiger partial charge is 0.489 e. The highest BCUT2D eigenvalue weighted by atomic mass is 35.5. The number of ether oxygens (including phenoxy) is 3. The topological polar surface area (TPSA) is 44.8 Å². The normalized spacial score (nSPS) is 13.2. The lowest BCUT2D eigenvalue weighted by atomic mass is 10.1. The third-order valence-electron chi connectivity index (χ3n) is 3.39. The number of carbonyl (C=O) groups is 1. The summed E-state index contributed by atoms with van der Waals surface area (Å²) in [5.74, 6) is 1.40. The summed E-state index contributed by atoms with van der Waals surface area (Å²) in [4.78, 5) is 11.4. The van der Waals surface area contributed by atoms with Gasteiger partial charge in [-0.25, -0.2) is 0 Å². The molecule has 22 heavy (non-hydrogen) atoms. The summed E-state index contributed by atoms with van der Waals surface area (Å²) in [6.07, 6.45) is 0. The van der Waals surface area contributed by atoms with Crippen LogP contribution in [0.3, 0.4) is 0 Å². The van der Waals surface area contributed by atoms with E-state index in [4.69, 9.17) is 25.8 Å². The van der Waals surface area contributed by atoms with Crippen molar-refractivity contribution < 1.29 is 19.0 Å². The minimum Gasteiger partial charge on any atom is -0.489 e. The van der Waals surface area contributed by atoms with Crippen molar-refractivity contribution in [3.63, 3.8) is 0 Å². The molecule has 0 saturated carbocycles. The number of Topliss-reactive ketones (excluding diaryl/α,β-unsaturated/α-hetero) is 1. The third-order valence-corrected chi connectivity index (χ3v) is 3.60. The lowest BCUT2D eigenvalue weighted by Crippen LogP contribution is -2.14. The summed E-state index contributed by atoms with van der Waals surface area (Å²) >= 11 is 6.12. The van der Waals surface area contributed by atoms with Crippen LogP contribution in [-0.2, 0) is 18.0 Å². The van der Waals surface area contributed by atoms with Crippen molar-refractivity contribution in [2.75, 3.05) is 6.79 Å². The van der Waals surface area contributed by atoms with E-state index in [1.807, 2.05) is 18.2 Å². The van der Waals surface area contributed by atoms with Gasteiger partial charge in [-0.3, -0.25) is 4.79 Å². The van der Waals surface area contributed by atoms with E-state index in [1.165, 1.54) is 6.92 Å². The zero-order valence-corrected chi connectivity index (χ0v) is 12.9. The SMILES string of the molecule is CC(=O)c1cccc(OCc2cc(Cl)cc3c2OCOC3)c1. The molecular formula is C17H15ClO4. The lowest BCUT2D eigenvalue weighted by molar-refractivity contribution is -0.0175. The average Bonchev–Trinajstić information content (AvgIpc) is 2.52. The Hall–Kier alpha value is -2.04. The minimum atomic E-state index is 0.00562. The van der Waals surface area contributed by atoms with Gasteiger partial charge in [0.05, 0.1) is 6.61 Å². The summed E-state index contributed by atoms with van der Waals surface area (Å²) in [7, 11) is 0. The van der Waals surface area contributed by atoms with E-state index in [0.717, 1.165) is 16.9 Å². The van der Waals surface area contributed by atoms with Gasteiger partial charge in [-0.05, 0) is 31.2 Å². The molecule has 4 nitrogen and oxygen atoms in total. The van der Waals surface area contributed by atoms with E-state index >= 15 is 0 Å². The van der Waals surface area contributed by atoms with Gasteiger partial charge in [0.2, 0.25) is 0 Å². The molecule has 1 aliphatic heterocycles. The first kappa shape index (κ1) is 14.9. The van der Waals surface area contributed by atoms with Gasteiger partial charge in [-0.2, -0.15) is 0 Å². The summed E-state index contributed by atoms with van der Waals surface area (Å²) in [5.41, 5.74) is 2.39. The molecule has 0 unspecified atom stereocenters. The molecule has 5 heteroatoms. The molecular weight excluding hydrogens is 304 g/mol. The first-order valence-corrected chi connectivity index (χ1v) is 7.27. The molecule has 0 radical (unpaired) electrons. The van der Waals surface area contributed by atoms with Crippen molar-refractivity contribution in [2.24, 2.45) is 0 Å². The molecule has 0 N–H and O–H groups in total. The average molecular weight is 319 g/mol. The smallest absolute Gasteiger partial charge is 0.189 e. The highest BCUT2D eigenvalue weighted by molar-refractivity contribution is 6.30. The lowest BCUT2D eigenvalue weighted by Gasteiger charge is -2.21. The first-order chi connectivity index (χ1) is 10.6. The van der Waals surface area contributed by atoms with Crippen LogP contribution in [0.5, 0.6) is 11.5 Å². The number of fused-ring (bicyclic) bond motifs is 1. The Bertz CT molecular complexity index is 712. The number of benzene rings is 2. The van der Waals surface area contributed by atoms with Crippen LogP contribution in [0.25, 0.3) is 0 Å². The van der Waals surface area contributed by atoms with Gasteiger partial charge in [0, 0.05) is 21.7 Å². The zero-order chi connectivity index (χ0) is 15.5.